The third-order valence-corrected chi connectivity index (χ3v) is 2.63. The van der Waals surface area contributed by atoms with Crippen LogP contribution in [0, 0.1) is 6.92 Å². The van der Waals surface area contributed by atoms with Crippen molar-refractivity contribution >= 4 is 17.3 Å². The lowest BCUT2D eigenvalue weighted by molar-refractivity contribution is -0.0498. The molecule has 0 amide bonds. The number of ether oxygens (including phenoxy) is 1. The Hall–Kier alpha value is -2.70. The van der Waals surface area contributed by atoms with Gasteiger partial charge in [0.1, 0.15) is 11.3 Å². The number of carboxylic acid groups (broad SMARTS) is 1. The molecule has 2 aromatic rings. The number of hydrogen-bond donors (Lipinski definition) is 2. The van der Waals surface area contributed by atoms with Gasteiger partial charge in [0, 0.05) is 17.6 Å². The fourth-order valence-corrected chi connectivity index (χ4v) is 1.71. The van der Waals surface area contributed by atoms with E-state index in [9.17, 15) is 13.6 Å². The average molecular weight is 294 g/mol. The maximum Gasteiger partial charge on any atom is 0.387 e. The van der Waals surface area contributed by atoms with Gasteiger partial charge < -0.3 is 15.2 Å². The molecule has 0 spiro atoms. The molecule has 0 aliphatic carbocycles. The number of halogens is 2. The minimum atomic E-state index is -2.88. The van der Waals surface area contributed by atoms with Crippen molar-refractivity contribution in [2.24, 2.45) is 0 Å². The Bertz CT molecular complexity index is 645. The number of hydrogen-bond acceptors (Lipinski definition) is 4. The molecule has 0 saturated heterocycles. The summed E-state index contributed by atoms with van der Waals surface area (Å²) in [6.45, 7) is -1.15. The topological polar surface area (TPSA) is 71.5 Å². The van der Waals surface area contributed by atoms with Crippen LogP contribution in [0.5, 0.6) is 5.75 Å². The van der Waals surface area contributed by atoms with E-state index in [1.54, 1.807) is 13.0 Å². The van der Waals surface area contributed by atoms with Crippen molar-refractivity contribution in [2.75, 3.05) is 5.32 Å². The number of anilines is 2. The number of pyridine rings is 1. The van der Waals surface area contributed by atoms with E-state index in [0.29, 0.717) is 17.1 Å². The highest BCUT2D eigenvalue weighted by Gasteiger charge is 2.11. The number of aryl methyl sites for hydroxylation is 1. The zero-order valence-electron chi connectivity index (χ0n) is 11.0. The summed E-state index contributed by atoms with van der Waals surface area (Å²) in [5.74, 6) is -1.08. The Kier molecular flexibility index (Phi) is 4.32. The van der Waals surface area contributed by atoms with Crippen LogP contribution in [0.4, 0.5) is 20.2 Å². The maximum atomic E-state index is 12.0. The first-order chi connectivity index (χ1) is 9.95. The van der Waals surface area contributed by atoms with Crippen molar-refractivity contribution in [2.45, 2.75) is 13.5 Å². The lowest BCUT2D eigenvalue weighted by Crippen LogP contribution is -2.05. The number of aromatic carboxylic acids is 1. The van der Waals surface area contributed by atoms with Crippen LogP contribution in [0.3, 0.4) is 0 Å². The molecule has 0 aliphatic rings. The number of aromatic nitrogens is 1. The van der Waals surface area contributed by atoms with Crippen molar-refractivity contribution in [3.05, 3.63) is 47.8 Å². The molecule has 0 unspecified atom stereocenters. The predicted molar refractivity (Wildman–Crippen MR) is 72.3 cm³/mol. The first kappa shape index (κ1) is 14.7. The Balaban J connectivity index is 2.22. The lowest BCUT2D eigenvalue weighted by atomic mass is 10.2. The average Bonchev–Trinajstić information content (AvgIpc) is 2.40. The van der Waals surface area contributed by atoms with E-state index in [2.05, 4.69) is 15.0 Å². The van der Waals surface area contributed by atoms with Gasteiger partial charge in [-0.3, -0.25) is 4.98 Å². The summed E-state index contributed by atoms with van der Waals surface area (Å²) in [5, 5.41) is 12.0. The van der Waals surface area contributed by atoms with Gasteiger partial charge in [-0.15, -0.1) is 0 Å². The van der Waals surface area contributed by atoms with Gasteiger partial charge >= 0.3 is 12.6 Å². The monoisotopic (exact) mass is 294 g/mol. The largest absolute Gasteiger partial charge is 0.478 e. The number of carboxylic acids is 1. The first-order valence-electron chi connectivity index (χ1n) is 5.97. The van der Waals surface area contributed by atoms with E-state index in [4.69, 9.17) is 5.11 Å². The summed E-state index contributed by atoms with van der Waals surface area (Å²) >= 11 is 0. The second-order valence-corrected chi connectivity index (χ2v) is 4.20. The molecule has 21 heavy (non-hydrogen) atoms. The second-order valence-electron chi connectivity index (χ2n) is 4.20. The van der Waals surface area contributed by atoms with E-state index in [0.717, 1.165) is 0 Å². The van der Waals surface area contributed by atoms with Gasteiger partial charge in [0.05, 0.1) is 5.69 Å². The normalized spacial score (nSPS) is 10.5. The molecule has 0 bridgehead atoms. The van der Waals surface area contributed by atoms with Crippen molar-refractivity contribution in [3.8, 4) is 5.75 Å². The van der Waals surface area contributed by atoms with Gasteiger partial charge in [0.2, 0.25) is 0 Å². The molecule has 1 heterocycles. The summed E-state index contributed by atoms with van der Waals surface area (Å²) < 4.78 is 28.3. The molecule has 0 fully saturated rings. The van der Waals surface area contributed by atoms with Crippen molar-refractivity contribution < 1.29 is 23.4 Å². The number of carbonyl (C=O) groups is 1. The molecular formula is C14H12F2N2O3. The summed E-state index contributed by atoms with van der Waals surface area (Å²) in [4.78, 5) is 15.0. The van der Waals surface area contributed by atoms with Crippen molar-refractivity contribution in [1.29, 1.82) is 0 Å². The molecule has 2 rings (SSSR count). The zero-order chi connectivity index (χ0) is 15.4. The molecule has 5 nitrogen and oxygen atoms in total. The third-order valence-electron chi connectivity index (χ3n) is 2.63. The molecule has 0 radical (unpaired) electrons. The highest BCUT2D eigenvalue weighted by atomic mass is 19.3. The van der Waals surface area contributed by atoms with E-state index in [-0.39, 0.29) is 11.3 Å². The SMILES string of the molecule is Cc1cc(Nc2ccc(OC(F)F)cc2)c(C(=O)O)cn1. The van der Waals surface area contributed by atoms with Crippen LogP contribution in [0.25, 0.3) is 0 Å². The number of alkyl halides is 2. The standard InChI is InChI=1S/C14H12F2N2O3/c1-8-6-12(11(7-17-8)13(19)20)18-9-2-4-10(5-3-9)21-14(15)16/h2-7,14H,1H3,(H,17,18)(H,19,20). The number of rotatable bonds is 5. The molecule has 110 valence electrons. The van der Waals surface area contributed by atoms with Crippen LogP contribution in [0.2, 0.25) is 0 Å². The fourth-order valence-electron chi connectivity index (χ4n) is 1.71. The van der Waals surface area contributed by atoms with E-state index < -0.39 is 12.6 Å². The molecule has 0 atom stereocenters. The summed E-state index contributed by atoms with van der Waals surface area (Å²) in [6.07, 6.45) is 1.26. The molecule has 0 saturated carbocycles. The van der Waals surface area contributed by atoms with Gasteiger partial charge in [-0.1, -0.05) is 0 Å². The predicted octanol–water partition coefficient (Wildman–Crippen LogP) is 3.43. The highest BCUT2D eigenvalue weighted by molar-refractivity contribution is 5.94. The van der Waals surface area contributed by atoms with Crippen LogP contribution in [-0.2, 0) is 0 Å². The summed E-state index contributed by atoms with van der Waals surface area (Å²) in [5.41, 5.74) is 1.59. The van der Waals surface area contributed by atoms with Gasteiger partial charge in [-0.05, 0) is 37.3 Å². The maximum absolute atomic E-state index is 12.0. The summed E-state index contributed by atoms with van der Waals surface area (Å²) in [6, 6.07) is 7.34. The molecule has 0 aliphatic heterocycles. The van der Waals surface area contributed by atoms with Crippen LogP contribution < -0.4 is 10.1 Å². The van der Waals surface area contributed by atoms with Crippen LogP contribution in [0.15, 0.2) is 36.5 Å². The molecule has 2 N–H and O–H groups in total. The molecule has 7 heteroatoms. The Morgan fingerprint density at radius 1 is 1.33 bits per heavy atom. The van der Waals surface area contributed by atoms with Gasteiger partial charge in [-0.2, -0.15) is 8.78 Å². The Labute approximate surface area is 119 Å². The lowest BCUT2D eigenvalue weighted by Gasteiger charge is -2.11. The van der Waals surface area contributed by atoms with Crippen molar-refractivity contribution in [3.63, 3.8) is 0 Å². The Morgan fingerprint density at radius 2 is 2.00 bits per heavy atom. The second kappa shape index (κ2) is 6.17. The smallest absolute Gasteiger partial charge is 0.387 e. The number of nitrogens with zero attached hydrogens (tertiary/aromatic N) is 1. The van der Waals surface area contributed by atoms with Crippen LogP contribution in [-0.4, -0.2) is 22.7 Å². The van der Waals surface area contributed by atoms with Gasteiger partial charge in [0.25, 0.3) is 0 Å². The minimum absolute atomic E-state index is 0.0218. The van der Waals surface area contributed by atoms with Gasteiger partial charge in [0.15, 0.2) is 0 Å². The first-order valence-corrected chi connectivity index (χ1v) is 5.97. The molecule has 1 aromatic carbocycles. The van der Waals surface area contributed by atoms with Crippen molar-refractivity contribution in [1.82, 2.24) is 4.98 Å². The quantitative estimate of drug-likeness (QED) is 0.884. The Morgan fingerprint density at radius 3 is 2.57 bits per heavy atom. The highest BCUT2D eigenvalue weighted by Crippen LogP contribution is 2.24. The van der Waals surface area contributed by atoms with E-state index >= 15 is 0 Å². The minimum Gasteiger partial charge on any atom is -0.478 e. The fraction of sp³-hybridized carbons (Fsp3) is 0.143. The summed E-state index contributed by atoms with van der Waals surface area (Å²) in [7, 11) is 0. The zero-order valence-corrected chi connectivity index (χ0v) is 11.0. The van der Waals surface area contributed by atoms with Crippen LogP contribution >= 0.6 is 0 Å². The van der Waals surface area contributed by atoms with E-state index in [1.165, 1.54) is 30.5 Å². The number of nitrogens with one attached hydrogen (secondary N) is 1. The van der Waals surface area contributed by atoms with E-state index in [1.807, 2.05) is 0 Å². The van der Waals surface area contributed by atoms with Crippen LogP contribution in [0.1, 0.15) is 16.1 Å². The molecule has 1 aromatic heterocycles. The molecular weight excluding hydrogens is 282 g/mol. The van der Waals surface area contributed by atoms with Gasteiger partial charge in [-0.25, -0.2) is 4.79 Å². The third kappa shape index (κ3) is 3.88. The number of benzene rings is 1.